The van der Waals surface area contributed by atoms with E-state index in [1.54, 1.807) is 0 Å². The van der Waals surface area contributed by atoms with Gasteiger partial charge in [-0.2, -0.15) is 0 Å². The summed E-state index contributed by atoms with van der Waals surface area (Å²) < 4.78 is 1.35. The Morgan fingerprint density at radius 3 is 2.84 bits per heavy atom. The number of hydrogen-bond acceptors (Lipinski definition) is 3. The summed E-state index contributed by atoms with van der Waals surface area (Å²) in [5.74, 6) is 0. The van der Waals surface area contributed by atoms with E-state index in [1.165, 1.54) is 15.6 Å². The molecule has 0 radical (unpaired) electrons. The van der Waals surface area contributed by atoms with E-state index in [0.29, 0.717) is 0 Å². The number of rotatable bonds is 4. The number of fused-ring (bicyclic) bond motifs is 1. The molecule has 0 amide bonds. The number of thiophene rings is 1. The molecule has 0 bridgehead atoms. The molecule has 3 heteroatoms. The van der Waals surface area contributed by atoms with Gasteiger partial charge in [0, 0.05) is 23.5 Å². The van der Waals surface area contributed by atoms with Crippen molar-refractivity contribution in [3.63, 3.8) is 0 Å². The predicted octanol–water partition coefficient (Wildman–Crippen LogP) is 3.89. The molecule has 0 saturated heterocycles. The fourth-order valence-electron chi connectivity index (χ4n) is 2.19. The molecule has 96 valence electrons. The minimum Gasteiger partial charge on any atom is -0.307 e. The van der Waals surface area contributed by atoms with Gasteiger partial charge in [0.05, 0.1) is 5.69 Å². The first-order valence-corrected chi connectivity index (χ1v) is 7.29. The maximum atomic E-state index is 4.49. The molecule has 1 N–H and O–H groups in total. The molecule has 1 aromatic carbocycles. The highest BCUT2D eigenvalue weighted by molar-refractivity contribution is 7.17. The molecule has 0 saturated carbocycles. The van der Waals surface area contributed by atoms with Crippen LogP contribution in [0.5, 0.6) is 0 Å². The van der Waals surface area contributed by atoms with Crippen LogP contribution in [-0.4, -0.2) is 4.98 Å². The van der Waals surface area contributed by atoms with E-state index in [9.17, 15) is 0 Å². The highest BCUT2D eigenvalue weighted by Crippen LogP contribution is 2.25. The van der Waals surface area contributed by atoms with Gasteiger partial charge in [0.2, 0.25) is 0 Å². The molecule has 2 aromatic heterocycles. The Balaban J connectivity index is 1.66. The van der Waals surface area contributed by atoms with E-state index in [-0.39, 0.29) is 0 Å². The van der Waals surface area contributed by atoms with E-state index in [2.05, 4.69) is 52.1 Å². The van der Waals surface area contributed by atoms with Gasteiger partial charge in [0.25, 0.3) is 0 Å². The maximum Gasteiger partial charge on any atom is 0.0544 e. The van der Waals surface area contributed by atoms with Gasteiger partial charge in [-0.1, -0.05) is 24.3 Å². The van der Waals surface area contributed by atoms with E-state index in [0.717, 1.165) is 24.5 Å². The van der Waals surface area contributed by atoms with Gasteiger partial charge in [-0.3, -0.25) is 4.98 Å². The van der Waals surface area contributed by atoms with Crippen molar-refractivity contribution in [1.82, 2.24) is 10.3 Å². The van der Waals surface area contributed by atoms with Crippen molar-refractivity contribution in [2.24, 2.45) is 0 Å². The Morgan fingerprint density at radius 1 is 1.05 bits per heavy atom. The van der Waals surface area contributed by atoms with Gasteiger partial charge in [0.15, 0.2) is 0 Å². The number of hydrogen-bond donors (Lipinski definition) is 1. The number of benzene rings is 1. The Kier molecular flexibility index (Phi) is 3.58. The molecule has 0 fully saturated rings. The van der Waals surface area contributed by atoms with E-state index in [4.69, 9.17) is 0 Å². The molecule has 0 aliphatic heterocycles. The van der Waals surface area contributed by atoms with Crippen molar-refractivity contribution in [2.75, 3.05) is 0 Å². The Bertz CT molecular complexity index is 688. The van der Waals surface area contributed by atoms with Crippen LogP contribution in [0.4, 0.5) is 0 Å². The molecule has 2 heterocycles. The van der Waals surface area contributed by atoms with Crippen molar-refractivity contribution in [2.45, 2.75) is 20.0 Å². The average Bonchev–Trinajstić information content (AvgIpc) is 2.83. The molecule has 3 aromatic rings. The fourth-order valence-corrected chi connectivity index (χ4v) is 3.16. The number of nitrogens with zero attached hydrogens (tertiary/aromatic N) is 1. The van der Waals surface area contributed by atoms with Crippen LogP contribution >= 0.6 is 11.3 Å². The summed E-state index contributed by atoms with van der Waals surface area (Å²) in [5, 5.41) is 7.06. The quantitative estimate of drug-likeness (QED) is 0.776. The first-order chi connectivity index (χ1) is 9.33. The molecule has 2 nitrogen and oxygen atoms in total. The monoisotopic (exact) mass is 268 g/mol. The third-order valence-electron chi connectivity index (χ3n) is 3.13. The van der Waals surface area contributed by atoms with Crippen LogP contribution in [0.25, 0.3) is 10.1 Å². The second-order valence-electron chi connectivity index (χ2n) is 4.63. The summed E-state index contributed by atoms with van der Waals surface area (Å²) in [4.78, 5) is 4.49. The van der Waals surface area contributed by atoms with Crippen LogP contribution in [0.1, 0.15) is 17.0 Å². The summed E-state index contributed by atoms with van der Waals surface area (Å²) in [6, 6.07) is 14.7. The summed E-state index contributed by atoms with van der Waals surface area (Å²) >= 11 is 1.81. The first-order valence-electron chi connectivity index (χ1n) is 6.41. The molecule has 0 spiro atoms. The van der Waals surface area contributed by atoms with Crippen LogP contribution in [0.15, 0.2) is 47.8 Å². The first kappa shape index (κ1) is 12.3. The van der Waals surface area contributed by atoms with Crippen molar-refractivity contribution in [3.05, 3.63) is 64.8 Å². The fraction of sp³-hybridized carbons (Fsp3) is 0.188. The van der Waals surface area contributed by atoms with Gasteiger partial charge in [0.1, 0.15) is 0 Å². The average molecular weight is 268 g/mol. The molecule has 0 atom stereocenters. The highest BCUT2D eigenvalue weighted by atomic mass is 32.1. The number of aromatic nitrogens is 1. The third-order valence-corrected chi connectivity index (χ3v) is 4.14. The SMILES string of the molecule is Cc1cccc(CNCc2csc3ccccc23)n1. The normalized spacial score (nSPS) is 11.0. The second-order valence-corrected chi connectivity index (χ2v) is 5.54. The maximum absolute atomic E-state index is 4.49. The summed E-state index contributed by atoms with van der Waals surface area (Å²) in [6.07, 6.45) is 0. The highest BCUT2D eigenvalue weighted by Gasteiger charge is 2.02. The zero-order valence-electron chi connectivity index (χ0n) is 10.9. The lowest BCUT2D eigenvalue weighted by Gasteiger charge is -2.04. The number of nitrogens with one attached hydrogen (secondary N) is 1. The zero-order chi connectivity index (χ0) is 13.1. The van der Waals surface area contributed by atoms with Crippen LogP contribution in [0, 0.1) is 6.92 Å². The predicted molar refractivity (Wildman–Crippen MR) is 81.3 cm³/mol. The topological polar surface area (TPSA) is 24.9 Å². The van der Waals surface area contributed by atoms with Crippen LogP contribution in [-0.2, 0) is 13.1 Å². The molecular formula is C16H16N2S. The van der Waals surface area contributed by atoms with Crippen molar-refractivity contribution >= 4 is 21.4 Å². The van der Waals surface area contributed by atoms with Gasteiger partial charge < -0.3 is 5.32 Å². The molecule has 0 aliphatic carbocycles. The summed E-state index contributed by atoms with van der Waals surface area (Å²) in [5.41, 5.74) is 3.54. The Morgan fingerprint density at radius 2 is 1.95 bits per heavy atom. The van der Waals surface area contributed by atoms with Gasteiger partial charge in [-0.05, 0) is 41.5 Å². The standard InChI is InChI=1S/C16H16N2S/c1-12-5-4-6-14(18-12)10-17-9-13-11-19-16-8-3-2-7-15(13)16/h2-8,11,17H,9-10H2,1H3. The number of aryl methyl sites for hydroxylation is 1. The molecule has 3 rings (SSSR count). The van der Waals surface area contributed by atoms with Gasteiger partial charge in [-0.15, -0.1) is 11.3 Å². The lowest BCUT2D eigenvalue weighted by Crippen LogP contribution is -2.13. The van der Waals surface area contributed by atoms with E-state index >= 15 is 0 Å². The summed E-state index contributed by atoms with van der Waals surface area (Å²) in [6.45, 7) is 3.72. The Hall–Kier alpha value is -1.71. The summed E-state index contributed by atoms with van der Waals surface area (Å²) in [7, 11) is 0. The third kappa shape index (κ3) is 2.83. The second kappa shape index (κ2) is 5.51. The van der Waals surface area contributed by atoms with Crippen LogP contribution in [0.3, 0.4) is 0 Å². The minimum absolute atomic E-state index is 0.811. The van der Waals surface area contributed by atoms with Crippen molar-refractivity contribution < 1.29 is 0 Å². The lowest BCUT2D eigenvalue weighted by atomic mass is 10.2. The molecule has 19 heavy (non-hydrogen) atoms. The smallest absolute Gasteiger partial charge is 0.0544 e. The van der Waals surface area contributed by atoms with Gasteiger partial charge in [-0.25, -0.2) is 0 Å². The largest absolute Gasteiger partial charge is 0.307 e. The molecule has 0 unspecified atom stereocenters. The van der Waals surface area contributed by atoms with E-state index in [1.807, 2.05) is 24.3 Å². The van der Waals surface area contributed by atoms with E-state index < -0.39 is 0 Å². The minimum atomic E-state index is 0.811. The molecule has 0 aliphatic rings. The lowest BCUT2D eigenvalue weighted by molar-refractivity contribution is 0.682. The van der Waals surface area contributed by atoms with Crippen molar-refractivity contribution in [3.8, 4) is 0 Å². The van der Waals surface area contributed by atoms with Crippen LogP contribution < -0.4 is 5.32 Å². The van der Waals surface area contributed by atoms with Gasteiger partial charge >= 0.3 is 0 Å². The van der Waals surface area contributed by atoms with Crippen LogP contribution in [0.2, 0.25) is 0 Å². The number of pyridine rings is 1. The zero-order valence-corrected chi connectivity index (χ0v) is 11.7. The Labute approximate surface area is 117 Å². The van der Waals surface area contributed by atoms with Crippen molar-refractivity contribution in [1.29, 1.82) is 0 Å². The molecular weight excluding hydrogens is 252 g/mol.